The molecule has 222 valence electrons. The Bertz CT molecular complexity index is 840. The average Bonchev–Trinajstić information content (AvgIpc) is 2.91. The van der Waals surface area contributed by atoms with Crippen LogP contribution in [0.4, 0.5) is 0 Å². The number of Topliss-reactive ketones (excluding diaryl/α,β-unsaturated/α-hetero) is 1. The number of rotatable bonds is 16. The molecule has 0 aromatic heterocycles. The summed E-state index contributed by atoms with van der Waals surface area (Å²) in [4.78, 5) is 66.2. The Morgan fingerprint density at radius 1 is 0.974 bits per heavy atom. The van der Waals surface area contributed by atoms with Gasteiger partial charge in [-0.2, -0.15) is 0 Å². The zero-order chi connectivity index (χ0) is 28.9. The topological polar surface area (TPSA) is 170 Å². The van der Waals surface area contributed by atoms with Gasteiger partial charge >= 0.3 is 11.9 Å². The summed E-state index contributed by atoms with van der Waals surface area (Å²) in [5, 5.41) is 22.7. The van der Waals surface area contributed by atoms with Gasteiger partial charge in [-0.15, -0.1) is 0 Å². The third kappa shape index (κ3) is 9.86. The molecule has 0 radical (unpaired) electrons. The molecule has 1 heterocycles. The number of piperidine rings is 1. The van der Waals surface area contributed by atoms with Gasteiger partial charge in [-0.05, 0) is 76.8 Å². The summed E-state index contributed by atoms with van der Waals surface area (Å²) < 4.78 is 0. The first-order valence-electron chi connectivity index (χ1n) is 14.6. The van der Waals surface area contributed by atoms with Gasteiger partial charge in [-0.25, -0.2) is 4.79 Å². The lowest BCUT2D eigenvalue weighted by molar-refractivity contribution is -0.160. The summed E-state index contributed by atoms with van der Waals surface area (Å²) in [6.07, 6.45) is 8.29. The van der Waals surface area contributed by atoms with Gasteiger partial charge in [0, 0.05) is 19.0 Å². The number of aliphatic carboxylic acids is 2. The van der Waals surface area contributed by atoms with Crippen LogP contribution in [0.3, 0.4) is 0 Å². The Hall–Kier alpha value is -2.53. The lowest BCUT2D eigenvalue weighted by Crippen LogP contribution is -2.61. The van der Waals surface area contributed by atoms with Crippen molar-refractivity contribution in [2.45, 2.75) is 109 Å². The molecule has 3 atom stereocenters. The summed E-state index contributed by atoms with van der Waals surface area (Å²) in [6, 6.07) is -3.90. The molecular weight excluding hydrogens is 504 g/mol. The number of hydrogen-bond donors (Lipinski definition) is 4. The molecule has 0 aromatic carbocycles. The van der Waals surface area contributed by atoms with Crippen molar-refractivity contribution in [2.24, 2.45) is 17.6 Å². The van der Waals surface area contributed by atoms with Crippen LogP contribution in [-0.4, -0.2) is 93.9 Å². The van der Waals surface area contributed by atoms with Gasteiger partial charge in [0.1, 0.15) is 0 Å². The highest BCUT2D eigenvalue weighted by Gasteiger charge is 2.44. The van der Waals surface area contributed by atoms with Crippen LogP contribution in [0, 0.1) is 11.8 Å². The summed E-state index contributed by atoms with van der Waals surface area (Å²) in [7, 11) is 0. The fraction of sp³-hybridized carbons (Fsp3) is 0.821. The summed E-state index contributed by atoms with van der Waals surface area (Å²) >= 11 is 0. The first-order valence-corrected chi connectivity index (χ1v) is 14.6. The molecular formula is C28H48N4O7. The van der Waals surface area contributed by atoms with Crippen LogP contribution in [0.25, 0.3) is 0 Å². The molecule has 3 unspecified atom stereocenters. The van der Waals surface area contributed by atoms with Crippen LogP contribution in [0.1, 0.15) is 90.9 Å². The monoisotopic (exact) mass is 552 g/mol. The Morgan fingerprint density at radius 2 is 1.62 bits per heavy atom. The Morgan fingerprint density at radius 3 is 2.15 bits per heavy atom. The van der Waals surface area contributed by atoms with Gasteiger partial charge in [0.05, 0.1) is 19.0 Å². The number of amides is 2. The van der Waals surface area contributed by atoms with Crippen LogP contribution < -0.4 is 11.1 Å². The van der Waals surface area contributed by atoms with Crippen LogP contribution >= 0.6 is 0 Å². The molecule has 1 aliphatic carbocycles. The second-order valence-corrected chi connectivity index (χ2v) is 11.0. The average molecular weight is 553 g/mol. The zero-order valence-electron chi connectivity index (χ0n) is 23.6. The first kappa shape index (κ1) is 32.7. The van der Waals surface area contributed by atoms with Gasteiger partial charge in [0.2, 0.25) is 11.8 Å². The first-order chi connectivity index (χ1) is 18.6. The summed E-state index contributed by atoms with van der Waals surface area (Å²) in [5.74, 6) is -4.07. The fourth-order valence-electron chi connectivity index (χ4n) is 6.16. The van der Waals surface area contributed by atoms with E-state index in [0.717, 1.165) is 69.4 Å². The summed E-state index contributed by atoms with van der Waals surface area (Å²) in [6.45, 7) is 5.33. The molecule has 1 saturated heterocycles. The van der Waals surface area contributed by atoms with E-state index in [2.05, 4.69) is 5.32 Å². The van der Waals surface area contributed by atoms with E-state index < -0.39 is 54.7 Å². The lowest BCUT2D eigenvalue weighted by Gasteiger charge is -2.42. The molecule has 1 saturated carbocycles. The lowest BCUT2D eigenvalue weighted by atomic mass is 9.81. The van der Waals surface area contributed by atoms with Gasteiger partial charge in [0.15, 0.2) is 11.8 Å². The van der Waals surface area contributed by atoms with Crippen molar-refractivity contribution in [3.8, 4) is 0 Å². The van der Waals surface area contributed by atoms with Crippen molar-refractivity contribution in [3.05, 3.63) is 0 Å². The Labute approximate surface area is 231 Å². The number of carbonyl (C=O) groups is 5. The number of likely N-dealkylation sites (N-methyl/N-ethyl adjacent to an activating group) is 1. The van der Waals surface area contributed by atoms with Crippen molar-refractivity contribution >= 4 is 29.5 Å². The Kier molecular flexibility index (Phi) is 13.9. The molecule has 2 amide bonds. The number of hydrogen-bond acceptors (Lipinski definition) is 7. The molecule has 11 heteroatoms. The SMILES string of the molecule is CCC(C1CCCCC1)N(C(=O)C(N)CC(=O)O)C(C(=O)O)C(=O)CN(CC)C(=O)CCCC1CCNCC1. The predicted octanol–water partition coefficient (Wildman–Crippen LogP) is 2.02. The van der Waals surface area contributed by atoms with E-state index in [1.807, 2.05) is 6.92 Å². The van der Waals surface area contributed by atoms with Crippen molar-refractivity contribution < 1.29 is 34.2 Å². The highest BCUT2D eigenvalue weighted by Crippen LogP contribution is 2.32. The standard InChI is InChI=1S/C28H48N4O7/c1-3-22(20-10-6-5-7-11-20)32(27(37)21(29)17-25(35)36)26(28(38)39)23(33)18-31(4-2)24(34)12-8-9-19-13-15-30-16-14-19/h19-22,26,30H,3-18,29H2,1-2H3,(H,35,36)(H,38,39). The van der Waals surface area contributed by atoms with Crippen molar-refractivity contribution in [3.63, 3.8) is 0 Å². The maximum absolute atomic E-state index is 13.5. The maximum atomic E-state index is 13.5. The van der Waals surface area contributed by atoms with Gasteiger partial charge in [0.25, 0.3) is 0 Å². The smallest absolute Gasteiger partial charge is 0.334 e. The number of carboxylic acids is 2. The van der Waals surface area contributed by atoms with Crippen molar-refractivity contribution in [2.75, 3.05) is 26.2 Å². The number of carboxylic acid groups (broad SMARTS) is 2. The van der Waals surface area contributed by atoms with Gasteiger partial charge in [-0.1, -0.05) is 26.2 Å². The maximum Gasteiger partial charge on any atom is 0.334 e. The van der Waals surface area contributed by atoms with Crippen LogP contribution in [0.15, 0.2) is 0 Å². The molecule has 2 fully saturated rings. The molecule has 39 heavy (non-hydrogen) atoms. The highest BCUT2D eigenvalue weighted by atomic mass is 16.4. The van der Waals surface area contributed by atoms with Crippen LogP contribution in [-0.2, 0) is 24.0 Å². The number of ketones is 1. The second kappa shape index (κ2) is 16.5. The second-order valence-electron chi connectivity index (χ2n) is 11.0. The minimum atomic E-state index is -1.85. The quantitative estimate of drug-likeness (QED) is 0.209. The minimum Gasteiger partial charge on any atom is -0.481 e. The number of nitrogens with zero attached hydrogens (tertiary/aromatic N) is 2. The molecule has 0 bridgehead atoms. The predicted molar refractivity (Wildman–Crippen MR) is 146 cm³/mol. The molecule has 2 rings (SSSR count). The summed E-state index contributed by atoms with van der Waals surface area (Å²) in [5.41, 5.74) is 5.93. The van der Waals surface area contributed by atoms with E-state index in [1.165, 1.54) is 4.90 Å². The highest BCUT2D eigenvalue weighted by molar-refractivity contribution is 6.07. The molecule has 0 spiro atoms. The van der Waals surface area contributed by atoms with E-state index in [1.54, 1.807) is 6.92 Å². The van der Waals surface area contributed by atoms with Crippen molar-refractivity contribution in [1.82, 2.24) is 15.1 Å². The zero-order valence-corrected chi connectivity index (χ0v) is 23.6. The van der Waals surface area contributed by atoms with E-state index in [-0.39, 0.29) is 24.8 Å². The molecule has 0 aromatic rings. The largest absolute Gasteiger partial charge is 0.481 e. The normalized spacial score (nSPS) is 19.1. The number of carbonyl (C=O) groups excluding carboxylic acids is 3. The van der Waals surface area contributed by atoms with Crippen LogP contribution in [0.2, 0.25) is 0 Å². The van der Waals surface area contributed by atoms with E-state index in [4.69, 9.17) is 5.73 Å². The van der Waals surface area contributed by atoms with E-state index in [9.17, 15) is 34.2 Å². The fourth-order valence-corrected chi connectivity index (χ4v) is 6.16. The molecule has 11 nitrogen and oxygen atoms in total. The third-order valence-corrected chi connectivity index (χ3v) is 8.30. The molecule has 1 aliphatic heterocycles. The Balaban J connectivity index is 2.22. The van der Waals surface area contributed by atoms with Gasteiger partial charge < -0.3 is 31.1 Å². The van der Waals surface area contributed by atoms with E-state index >= 15 is 0 Å². The minimum absolute atomic E-state index is 0.0155. The number of nitrogens with one attached hydrogen (secondary N) is 1. The van der Waals surface area contributed by atoms with Crippen LogP contribution in [0.5, 0.6) is 0 Å². The molecule has 2 aliphatic rings. The van der Waals surface area contributed by atoms with E-state index in [0.29, 0.717) is 18.8 Å². The van der Waals surface area contributed by atoms with Gasteiger partial charge in [-0.3, -0.25) is 19.2 Å². The third-order valence-electron chi connectivity index (χ3n) is 8.30. The van der Waals surface area contributed by atoms with Crippen molar-refractivity contribution in [1.29, 1.82) is 0 Å². The number of nitrogens with two attached hydrogens (primary N) is 1. The molecule has 5 N–H and O–H groups in total.